The molecule has 452 valence electrons. The van der Waals surface area contributed by atoms with Crippen LogP contribution in [-0.2, 0) is 17.7 Å². The maximum atomic E-state index is 13.1. The Bertz CT molecular complexity index is 3100. The Morgan fingerprint density at radius 2 is 1.19 bits per heavy atom. The Labute approximate surface area is 496 Å². The van der Waals surface area contributed by atoms with Gasteiger partial charge in [0.15, 0.2) is 0 Å². The third-order valence-corrected chi connectivity index (χ3v) is 13.1. The number of nitrogens with one attached hydrogen (secondary N) is 3. The summed E-state index contributed by atoms with van der Waals surface area (Å²) in [7, 11) is 0. The fourth-order valence-corrected chi connectivity index (χ4v) is 9.84. The van der Waals surface area contributed by atoms with Gasteiger partial charge < -0.3 is 31.3 Å². The van der Waals surface area contributed by atoms with E-state index in [1.165, 1.54) is 17.2 Å². The number of hydrogen-bond donors (Lipinski definition) is 4. The lowest BCUT2D eigenvalue weighted by Crippen LogP contribution is -2.42. The average molecular weight is 1180 g/mol. The van der Waals surface area contributed by atoms with Crippen LogP contribution < -0.4 is 21.7 Å². The standard InChI is InChI=1S/C30H35N3O2.C28H30F3N5O2.C2H4F3N.CH4.3CH3.Al/c1-6-10-25-26(20(5)32-19(3)4)16-24-17-27(30(34)35-7-2)33-29(28(24)25)22-12-8-11-21(15-22)23-13-9-14-31-18-23;1-4-7-23-24-21(15-36(23)27(38)34-17(2)3)13-22(26(37)33-16-28(29,30)31)35-25(24)19-9-5-8-18(12-19)20-10-6-11-32-14-20;3-2(4,5)1-6;;;;;/h8-9,11-15,17-19,25-26,32H,5-7,10,16H2,1-4H3;5-6,8-14,17,23H,4,7,15-16H2,1-3H3,(H,33,37)(H,34,38);1,6H2;1H4;3*1H3;/t25-,26?;23-;;;;;;/m01....../s1. The van der Waals surface area contributed by atoms with Gasteiger partial charge in [-0.2, -0.15) is 26.3 Å². The molecule has 1 aliphatic heterocycles. The summed E-state index contributed by atoms with van der Waals surface area (Å²) in [6.07, 6.45) is 2.70. The Balaban J connectivity index is 0.000000308. The zero-order valence-corrected chi connectivity index (χ0v) is 50.3. The Hall–Kier alpha value is -7.14. The maximum absolute atomic E-state index is 13.1. The summed E-state index contributed by atoms with van der Waals surface area (Å²) >= 11 is -0.139. The number of amides is 3. The van der Waals surface area contributed by atoms with Gasteiger partial charge in [-0.15, -0.1) is 17.4 Å². The number of nitrogens with two attached hydrogens (primary N) is 1. The summed E-state index contributed by atoms with van der Waals surface area (Å²) in [4.78, 5) is 58.3. The van der Waals surface area contributed by atoms with Crippen LogP contribution in [-0.4, -0.2) is 101 Å². The van der Waals surface area contributed by atoms with Crippen molar-refractivity contribution in [2.75, 3.05) is 19.7 Å². The number of carbonyl (C=O) groups excluding carboxylic acids is 3. The predicted octanol–water partition coefficient (Wildman–Crippen LogP) is 14.9. The molecule has 0 fully saturated rings. The predicted molar refractivity (Wildman–Crippen MR) is 324 cm³/mol. The number of halogens is 6. The summed E-state index contributed by atoms with van der Waals surface area (Å²) in [5.74, 6) is 6.16. The highest BCUT2D eigenvalue weighted by atomic mass is 27.2. The quantitative estimate of drug-likeness (QED) is 0.0414. The van der Waals surface area contributed by atoms with Gasteiger partial charge in [0.2, 0.25) is 0 Å². The SMILES string of the molecule is C.C=C(NC(C)C)C1Cc2cc(C(=O)OCC)nc(-c3cccc(-c4cccnc4)c3)c2[C@H]1CCC.CCC[C@@H]1c2c(cc(C(=O)NCC(F)(F)F)nc2-c2cccc(-c3cccnc3)c2)CN1C(=O)NC(C)C.NCC(F)(F)F.[CH3][Al]([CH3])[CH3]. The van der Waals surface area contributed by atoms with Crippen molar-refractivity contribution in [2.45, 2.75) is 148 Å². The number of esters is 1. The number of alkyl halides is 6. The number of pyridine rings is 4. The lowest BCUT2D eigenvalue weighted by atomic mass is 9.84. The van der Waals surface area contributed by atoms with E-state index >= 15 is 0 Å². The first-order chi connectivity index (χ1) is 39.3. The van der Waals surface area contributed by atoms with Crippen molar-refractivity contribution in [3.8, 4) is 44.8 Å². The van der Waals surface area contributed by atoms with Crippen LogP contribution in [0.2, 0.25) is 17.4 Å². The number of rotatable bonds is 16. The van der Waals surface area contributed by atoms with Gasteiger partial charge in [0.25, 0.3) is 20.1 Å². The van der Waals surface area contributed by atoms with Gasteiger partial charge in [-0.25, -0.2) is 19.6 Å². The Morgan fingerprint density at radius 1 is 0.702 bits per heavy atom. The van der Waals surface area contributed by atoms with Gasteiger partial charge in [0.05, 0.1) is 30.6 Å². The minimum absolute atomic E-state index is 0. The molecule has 6 aromatic rings. The molecule has 0 spiro atoms. The number of nitrogens with zero attached hydrogens (tertiary/aromatic N) is 5. The van der Waals surface area contributed by atoms with Gasteiger partial charge in [-0.05, 0) is 124 Å². The second-order valence-electron chi connectivity index (χ2n) is 21.6. The minimum Gasteiger partial charge on any atom is -0.461 e. The molecule has 8 rings (SSSR count). The zero-order valence-electron chi connectivity index (χ0n) is 49.1. The summed E-state index contributed by atoms with van der Waals surface area (Å²) in [6, 6.07) is 26.8. The molecule has 0 radical (unpaired) electrons. The van der Waals surface area contributed by atoms with E-state index in [9.17, 15) is 40.7 Å². The van der Waals surface area contributed by atoms with Crippen LogP contribution in [0.25, 0.3) is 44.8 Å². The molecule has 3 amide bonds. The van der Waals surface area contributed by atoms with Crippen LogP contribution in [0.5, 0.6) is 0 Å². The van der Waals surface area contributed by atoms with E-state index in [4.69, 9.17) is 9.72 Å². The number of allylic oxidation sites excluding steroid dienone is 1. The molecule has 20 heteroatoms. The average Bonchev–Trinajstić information content (AvgIpc) is 2.06. The number of carbonyl (C=O) groups is 3. The first-order valence-electron chi connectivity index (χ1n) is 28.2. The number of benzene rings is 2. The molecule has 13 nitrogen and oxygen atoms in total. The van der Waals surface area contributed by atoms with Crippen molar-refractivity contribution < 1.29 is 45.5 Å². The third kappa shape index (κ3) is 20.0. The fourth-order valence-electron chi connectivity index (χ4n) is 9.84. The van der Waals surface area contributed by atoms with Gasteiger partial charge >= 0.3 is 24.4 Å². The Kier molecular flexibility index (Phi) is 26.6. The van der Waals surface area contributed by atoms with E-state index in [1.54, 1.807) is 23.5 Å². The van der Waals surface area contributed by atoms with E-state index in [1.807, 2.05) is 93.8 Å². The summed E-state index contributed by atoms with van der Waals surface area (Å²) < 4.78 is 75.7. The van der Waals surface area contributed by atoms with E-state index < -0.39 is 31.3 Å². The topological polar surface area (TPSA) is 177 Å². The molecule has 0 saturated carbocycles. The van der Waals surface area contributed by atoms with Gasteiger partial charge in [0.1, 0.15) is 17.9 Å². The second-order valence-corrected chi connectivity index (χ2v) is 25.1. The molecule has 3 atom stereocenters. The third-order valence-electron chi connectivity index (χ3n) is 13.1. The smallest absolute Gasteiger partial charge is 0.405 e. The lowest BCUT2D eigenvalue weighted by molar-refractivity contribution is -0.123. The van der Waals surface area contributed by atoms with E-state index in [0.29, 0.717) is 41.6 Å². The van der Waals surface area contributed by atoms with E-state index in [0.717, 1.165) is 70.5 Å². The van der Waals surface area contributed by atoms with Crippen molar-refractivity contribution in [1.82, 2.24) is 40.8 Å². The van der Waals surface area contributed by atoms with Crippen molar-refractivity contribution >= 4 is 32.1 Å². The van der Waals surface area contributed by atoms with Crippen molar-refractivity contribution in [3.05, 3.63) is 156 Å². The molecule has 2 aliphatic rings. The van der Waals surface area contributed by atoms with Gasteiger partial charge in [-0.3, -0.25) is 14.8 Å². The van der Waals surface area contributed by atoms with Crippen LogP contribution in [0, 0.1) is 5.92 Å². The molecule has 4 aromatic heterocycles. The number of aromatic nitrogens is 4. The largest absolute Gasteiger partial charge is 0.461 e. The molecule has 5 N–H and O–H groups in total. The second kappa shape index (κ2) is 32.2. The monoisotopic (exact) mass is 1180 g/mol. The molecule has 0 saturated heterocycles. The van der Waals surface area contributed by atoms with Crippen LogP contribution in [0.3, 0.4) is 0 Å². The maximum Gasteiger partial charge on any atom is 0.405 e. The summed E-state index contributed by atoms with van der Waals surface area (Å²) in [5, 5.41) is 8.38. The fraction of sp³-hybridized carbons (Fsp3) is 0.422. The normalized spacial score (nSPS) is 14.9. The highest BCUT2D eigenvalue weighted by Gasteiger charge is 2.39. The van der Waals surface area contributed by atoms with E-state index in [-0.39, 0.29) is 69.7 Å². The summed E-state index contributed by atoms with van der Waals surface area (Å²) in [6.45, 7) is 16.3. The molecular weight excluding hydrogens is 1100 g/mol. The van der Waals surface area contributed by atoms with Crippen LogP contribution >= 0.6 is 0 Å². The lowest BCUT2D eigenvalue weighted by Gasteiger charge is -2.27. The number of ether oxygens (including phenoxy) is 1. The molecule has 1 aliphatic carbocycles. The molecule has 1 unspecified atom stereocenters. The molecule has 0 bridgehead atoms. The van der Waals surface area contributed by atoms with E-state index in [2.05, 4.69) is 100 Å². The number of hydrogen-bond acceptors (Lipinski definition) is 10. The highest BCUT2D eigenvalue weighted by Crippen LogP contribution is 2.48. The molecule has 84 heavy (non-hydrogen) atoms. The Morgan fingerprint density at radius 3 is 1.65 bits per heavy atom. The van der Waals surface area contributed by atoms with Crippen molar-refractivity contribution in [1.29, 1.82) is 0 Å². The number of urea groups is 1. The molecule has 2 aromatic carbocycles. The molecule has 5 heterocycles. The highest BCUT2D eigenvalue weighted by molar-refractivity contribution is 6.54. The van der Waals surface area contributed by atoms with Crippen LogP contribution in [0.15, 0.2) is 122 Å². The molecular formula is C64H82AlF6N9O4. The van der Waals surface area contributed by atoms with Crippen molar-refractivity contribution in [2.24, 2.45) is 11.7 Å². The summed E-state index contributed by atoms with van der Waals surface area (Å²) in [5.41, 5.74) is 16.3. The zero-order chi connectivity index (χ0) is 61.2. The minimum atomic E-state index is -4.55. The van der Waals surface area contributed by atoms with Crippen molar-refractivity contribution in [3.63, 3.8) is 0 Å². The van der Waals surface area contributed by atoms with Crippen LogP contribution in [0.1, 0.15) is 137 Å². The van der Waals surface area contributed by atoms with Gasteiger partial charge in [0, 0.05) is 82.8 Å². The van der Waals surface area contributed by atoms with Crippen LogP contribution in [0.4, 0.5) is 31.1 Å². The van der Waals surface area contributed by atoms with Gasteiger partial charge in [-0.1, -0.05) is 89.2 Å². The first-order valence-corrected chi connectivity index (χ1v) is 31.7. The first kappa shape index (κ1) is 69.4. The number of fused-ring (bicyclic) bond motifs is 2.